The van der Waals surface area contributed by atoms with Gasteiger partial charge in [0.05, 0.1) is 4.90 Å². The molecule has 0 fully saturated rings. The molecule has 1 aromatic carbocycles. The monoisotopic (exact) mass is 224 g/mol. The molecule has 3 nitrogen and oxygen atoms in total. The molecule has 0 heterocycles. The third-order valence-corrected chi connectivity index (χ3v) is 2.14. The average molecular weight is 224 g/mol. The molecule has 0 saturated heterocycles. The van der Waals surface area contributed by atoms with Crippen molar-refractivity contribution in [3.8, 4) is 0 Å². The minimum Gasteiger partial charge on any atom is -1.00 e. The van der Waals surface area contributed by atoms with Gasteiger partial charge in [-0.25, -0.2) is 4.21 Å². The first kappa shape index (κ1) is 13.6. The summed E-state index contributed by atoms with van der Waals surface area (Å²) in [4.78, 5) is 11.1. The molecule has 0 amide bonds. The summed E-state index contributed by atoms with van der Waals surface area (Å²) in [5.41, 5.74) is 0.546. The molecule has 1 atom stereocenters. The fourth-order valence-corrected chi connectivity index (χ4v) is 1.17. The van der Waals surface area contributed by atoms with Gasteiger partial charge in [-0.1, -0.05) is 12.1 Å². The maximum Gasteiger partial charge on any atom is 1.00 e. The first-order chi connectivity index (χ1) is 5.61. The van der Waals surface area contributed by atoms with Gasteiger partial charge in [0.25, 0.3) is 0 Å². The number of hydrogen-bond acceptors (Lipinski definition) is 2. The summed E-state index contributed by atoms with van der Waals surface area (Å²) in [6.07, 6.45) is 0. The van der Waals surface area contributed by atoms with Crippen molar-refractivity contribution < 1.29 is 66.4 Å². The number of hydrogen-bond donors (Lipinski definition) is 1. The number of carbonyl (C=O) groups is 1. The Labute approximate surface area is 123 Å². The van der Waals surface area contributed by atoms with E-state index in [-0.39, 0.29) is 58.6 Å². The van der Waals surface area contributed by atoms with Crippen molar-refractivity contribution in [3.63, 3.8) is 0 Å². The van der Waals surface area contributed by atoms with E-state index in [9.17, 15) is 9.00 Å². The van der Waals surface area contributed by atoms with Gasteiger partial charge in [-0.15, -0.1) is 0 Å². The van der Waals surface area contributed by atoms with Crippen LogP contribution in [0.25, 0.3) is 0 Å². The molecular formula is C8H9KO3S. The second-order valence-corrected chi connectivity index (χ2v) is 3.30. The molecule has 1 rings (SSSR count). The standard InChI is InChI=1S/C8H8O3S.K.H/c1-6(9)7-2-4-8(5-3-7)12(10)11;;/h2-5H,1H3,(H,10,11);;/q;+1;-1. The Morgan fingerprint density at radius 3 is 2.15 bits per heavy atom. The molecular weight excluding hydrogens is 215 g/mol. The summed E-state index contributed by atoms with van der Waals surface area (Å²) < 4.78 is 19.1. The van der Waals surface area contributed by atoms with Gasteiger partial charge in [-0.05, 0) is 19.1 Å². The Kier molecular flexibility index (Phi) is 6.48. The van der Waals surface area contributed by atoms with Gasteiger partial charge in [0.15, 0.2) is 16.9 Å². The van der Waals surface area contributed by atoms with E-state index in [2.05, 4.69) is 0 Å². The Bertz CT molecular complexity index is 293. The molecule has 1 unspecified atom stereocenters. The van der Waals surface area contributed by atoms with Crippen LogP contribution in [-0.2, 0) is 11.1 Å². The number of ketones is 1. The maximum absolute atomic E-state index is 10.8. The molecule has 5 heteroatoms. The Morgan fingerprint density at radius 1 is 1.38 bits per heavy atom. The quantitative estimate of drug-likeness (QED) is 0.381. The first-order valence-corrected chi connectivity index (χ1v) is 4.44. The van der Waals surface area contributed by atoms with E-state index >= 15 is 0 Å². The van der Waals surface area contributed by atoms with Gasteiger partial charge in [0.1, 0.15) is 0 Å². The van der Waals surface area contributed by atoms with Crippen molar-refractivity contribution >= 4 is 16.9 Å². The van der Waals surface area contributed by atoms with Crippen LogP contribution in [0.2, 0.25) is 0 Å². The molecule has 0 aromatic heterocycles. The molecule has 0 spiro atoms. The van der Waals surface area contributed by atoms with Crippen molar-refractivity contribution in [2.75, 3.05) is 0 Å². The van der Waals surface area contributed by atoms with Crippen LogP contribution in [0.4, 0.5) is 0 Å². The zero-order valence-electron chi connectivity index (χ0n) is 8.48. The predicted octanol–water partition coefficient (Wildman–Crippen LogP) is -1.41. The third-order valence-electron chi connectivity index (χ3n) is 1.46. The molecule has 0 aliphatic rings. The Balaban J connectivity index is 0. The van der Waals surface area contributed by atoms with E-state index in [1.807, 2.05) is 0 Å². The molecule has 0 radical (unpaired) electrons. The second-order valence-electron chi connectivity index (χ2n) is 2.33. The summed E-state index contributed by atoms with van der Waals surface area (Å²) in [6.45, 7) is 1.45. The van der Waals surface area contributed by atoms with Crippen molar-refractivity contribution in [2.24, 2.45) is 0 Å². The summed E-state index contributed by atoms with van der Waals surface area (Å²) in [5.74, 6) is -0.0507. The molecule has 0 aliphatic carbocycles. The molecule has 66 valence electrons. The van der Waals surface area contributed by atoms with Gasteiger partial charge in [-0.3, -0.25) is 4.79 Å². The zero-order chi connectivity index (χ0) is 9.14. The van der Waals surface area contributed by atoms with Crippen molar-refractivity contribution in [2.45, 2.75) is 11.8 Å². The minimum absolute atomic E-state index is 0. The fraction of sp³-hybridized carbons (Fsp3) is 0.125. The normalized spacial score (nSPS) is 11.5. The largest absolute Gasteiger partial charge is 1.00 e. The summed E-state index contributed by atoms with van der Waals surface area (Å²) in [6, 6.07) is 6.00. The van der Waals surface area contributed by atoms with E-state index in [1.165, 1.54) is 31.2 Å². The van der Waals surface area contributed by atoms with Crippen LogP contribution in [0.1, 0.15) is 18.7 Å². The van der Waals surface area contributed by atoms with E-state index in [1.54, 1.807) is 0 Å². The van der Waals surface area contributed by atoms with E-state index in [0.717, 1.165) is 0 Å². The second kappa shape index (κ2) is 6.18. The van der Waals surface area contributed by atoms with E-state index < -0.39 is 11.1 Å². The van der Waals surface area contributed by atoms with Gasteiger partial charge >= 0.3 is 51.4 Å². The van der Waals surface area contributed by atoms with Crippen LogP contribution >= 0.6 is 0 Å². The van der Waals surface area contributed by atoms with Gasteiger partial charge < -0.3 is 5.98 Å². The SMILES string of the molecule is CC(=O)c1ccc(S(=O)O)cc1.[H-].[K+]. The number of Topliss-reactive ketones (excluding diaryl/α,β-unsaturated/α-hetero) is 1. The Hall–Kier alpha value is 0.636. The van der Waals surface area contributed by atoms with Crippen molar-refractivity contribution in [3.05, 3.63) is 29.8 Å². The van der Waals surface area contributed by atoms with Crippen LogP contribution in [-0.4, -0.2) is 14.5 Å². The Morgan fingerprint density at radius 2 is 1.85 bits per heavy atom. The predicted molar refractivity (Wildman–Crippen MR) is 46.6 cm³/mol. The zero-order valence-corrected chi connectivity index (χ0v) is 11.4. The van der Waals surface area contributed by atoms with Crippen LogP contribution < -0.4 is 51.4 Å². The van der Waals surface area contributed by atoms with Crippen LogP contribution in [0.3, 0.4) is 0 Å². The third kappa shape index (κ3) is 4.12. The summed E-state index contributed by atoms with van der Waals surface area (Å²) in [5, 5.41) is 0. The topological polar surface area (TPSA) is 54.4 Å². The summed E-state index contributed by atoms with van der Waals surface area (Å²) in [7, 11) is 0. The minimum atomic E-state index is -1.96. The molecule has 0 saturated carbocycles. The number of rotatable bonds is 2. The first-order valence-electron chi connectivity index (χ1n) is 3.33. The molecule has 1 N–H and O–H groups in total. The average Bonchev–Trinajstić information content (AvgIpc) is 2.04. The van der Waals surface area contributed by atoms with E-state index in [0.29, 0.717) is 10.5 Å². The fourth-order valence-electron chi connectivity index (χ4n) is 0.806. The van der Waals surface area contributed by atoms with Crippen LogP contribution in [0, 0.1) is 0 Å². The molecule has 1 aromatic rings. The molecule has 0 aliphatic heterocycles. The van der Waals surface area contributed by atoms with Crippen molar-refractivity contribution in [1.82, 2.24) is 0 Å². The van der Waals surface area contributed by atoms with Gasteiger partial charge in [-0.2, -0.15) is 0 Å². The van der Waals surface area contributed by atoms with Gasteiger partial charge in [0, 0.05) is 5.56 Å². The number of carbonyl (C=O) groups excluding carboxylic acids is 1. The maximum atomic E-state index is 10.8. The van der Waals surface area contributed by atoms with Crippen LogP contribution in [0.15, 0.2) is 29.2 Å². The smallest absolute Gasteiger partial charge is 1.00 e. The summed E-state index contributed by atoms with van der Waals surface area (Å²) >= 11 is -1.96. The van der Waals surface area contributed by atoms with Crippen LogP contribution in [0.5, 0.6) is 0 Å². The van der Waals surface area contributed by atoms with E-state index in [4.69, 9.17) is 4.55 Å². The number of benzene rings is 1. The van der Waals surface area contributed by atoms with Gasteiger partial charge in [0.2, 0.25) is 0 Å². The molecule has 13 heavy (non-hydrogen) atoms. The van der Waals surface area contributed by atoms with Crippen molar-refractivity contribution in [1.29, 1.82) is 0 Å². The molecule has 0 bridgehead atoms.